The molecule has 0 aromatic carbocycles. The number of hydrogen-bond donors (Lipinski definition) is 1. The summed E-state index contributed by atoms with van der Waals surface area (Å²) in [5.41, 5.74) is 5.82. The fourth-order valence-corrected chi connectivity index (χ4v) is 1.80. The minimum Gasteiger partial charge on any atom is -0.383 e. The number of aromatic nitrogens is 1. The molecule has 0 bridgehead atoms. The smallest absolute Gasteiger partial charge is 0.281 e. The van der Waals surface area contributed by atoms with Crippen molar-refractivity contribution >= 4 is 37.7 Å². The van der Waals surface area contributed by atoms with E-state index in [9.17, 15) is 8.78 Å². The molecule has 72 valence electrons. The highest BCUT2D eigenvalue weighted by atomic mass is 79.9. The van der Waals surface area contributed by atoms with E-state index >= 15 is 0 Å². The second-order valence-electron chi connectivity index (χ2n) is 2.33. The Bertz CT molecular complexity index is 318. The zero-order chi connectivity index (χ0) is 10.0. The third-order valence-corrected chi connectivity index (χ3v) is 2.71. The Morgan fingerprint density at radius 2 is 2.15 bits per heavy atom. The van der Waals surface area contributed by atoms with Gasteiger partial charge in [-0.2, -0.15) is 0 Å². The third kappa shape index (κ3) is 2.37. The summed E-state index contributed by atoms with van der Waals surface area (Å²) < 4.78 is 24.9. The van der Waals surface area contributed by atoms with E-state index in [4.69, 9.17) is 5.73 Å². The maximum absolute atomic E-state index is 12.3. The summed E-state index contributed by atoms with van der Waals surface area (Å²) in [6.45, 7) is 0. The molecule has 2 N–H and O–H groups in total. The van der Waals surface area contributed by atoms with Gasteiger partial charge in [0.15, 0.2) is 0 Å². The fraction of sp³-hybridized carbons (Fsp3) is 0.286. The molecule has 0 spiro atoms. The molecule has 0 unspecified atom stereocenters. The van der Waals surface area contributed by atoms with Crippen LogP contribution >= 0.6 is 31.9 Å². The van der Waals surface area contributed by atoms with Gasteiger partial charge in [-0.1, -0.05) is 15.9 Å². The molecular weight excluding hydrogens is 310 g/mol. The van der Waals surface area contributed by atoms with E-state index < -0.39 is 6.43 Å². The molecule has 13 heavy (non-hydrogen) atoms. The Kier molecular flexibility index (Phi) is 3.61. The molecule has 0 saturated heterocycles. The monoisotopic (exact) mass is 314 g/mol. The van der Waals surface area contributed by atoms with Gasteiger partial charge in [-0.15, -0.1) is 0 Å². The quantitative estimate of drug-likeness (QED) is 0.851. The van der Waals surface area contributed by atoms with Crippen LogP contribution in [-0.4, -0.2) is 4.98 Å². The molecular formula is C7H6Br2F2N2. The lowest BCUT2D eigenvalue weighted by Gasteiger charge is -2.06. The van der Waals surface area contributed by atoms with E-state index in [1.54, 1.807) is 6.07 Å². The van der Waals surface area contributed by atoms with Gasteiger partial charge in [0.1, 0.15) is 11.5 Å². The highest BCUT2D eigenvalue weighted by molar-refractivity contribution is 9.10. The average Bonchev–Trinajstić information content (AvgIpc) is 2.07. The predicted molar refractivity (Wildman–Crippen MR) is 53.9 cm³/mol. The minimum atomic E-state index is -2.61. The zero-order valence-corrected chi connectivity index (χ0v) is 9.57. The number of halogens is 4. The van der Waals surface area contributed by atoms with E-state index in [0.717, 1.165) is 0 Å². The fourth-order valence-electron chi connectivity index (χ4n) is 0.816. The summed E-state index contributed by atoms with van der Waals surface area (Å²) in [5.74, 6) is 0.135. The molecule has 0 atom stereocenters. The number of nitrogen functional groups attached to an aromatic ring is 1. The molecule has 0 aliphatic rings. The van der Waals surface area contributed by atoms with Gasteiger partial charge in [0, 0.05) is 15.4 Å². The Morgan fingerprint density at radius 1 is 1.54 bits per heavy atom. The van der Waals surface area contributed by atoms with Gasteiger partial charge < -0.3 is 5.73 Å². The molecule has 1 heterocycles. The number of nitrogens with two attached hydrogens (primary N) is 1. The summed E-state index contributed by atoms with van der Waals surface area (Å²) in [5, 5.41) is 0.494. The van der Waals surface area contributed by atoms with Crippen LogP contribution in [0.25, 0.3) is 0 Å². The number of hydrogen-bond acceptors (Lipinski definition) is 2. The van der Waals surface area contributed by atoms with Gasteiger partial charge in [0.2, 0.25) is 0 Å². The Morgan fingerprint density at radius 3 is 2.62 bits per heavy atom. The van der Waals surface area contributed by atoms with Crippen molar-refractivity contribution in [2.24, 2.45) is 0 Å². The van der Waals surface area contributed by atoms with Crippen LogP contribution in [-0.2, 0) is 5.33 Å². The first-order valence-corrected chi connectivity index (χ1v) is 5.26. The van der Waals surface area contributed by atoms with Crippen molar-refractivity contribution in [3.8, 4) is 0 Å². The van der Waals surface area contributed by atoms with Crippen LogP contribution < -0.4 is 5.73 Å². The lowest BCUT2D eigenvalue weighted by molar-refractivity contribution is 0.145. The number of rotatable bonds is 2. The average molecular weight is 316 g/mol. The van der Waals surface area contributed by atoms with Crippen LogP contribution in [0, 0.1) is 0 Å². The molecule has 1 rings (SSSR count). The van der Waals surface area contributed by atoms with Crippen molar-refractivity contribution in [1.82, 2.24) is 4.98 Å². The summed E-state index contributed by atoms with van der Waals surface area (Å²) in [6.07, 6.45) is -2.61. The summed E-state index contributed by atoms with van der Waals surface area (Å²) in [7, 11) is 0. The summed E-state index contributed by atoms with van der Waals surface area (Å²) >= 11 is 6.18. The molecule has 1 aromatic rings. The Labute approximate surface area is 90.8 Å². The predicted octanol–water partition coefficient (Wildman–Crippen LogP) is 3.26. The molecule has 0 aliphatic carbocycles. The van der Waals surface area contributed by atoms with E-state index in [0.29, 0.717) is 10.9 Å². The van der Waals surface area contributed by atoms with Gasteiger partial charge in [0.25, 0.3) is 6.43 Å². The molecule has 0 amide bonds. The van der Waals surface area contributed by atoms with Crippen molar-refractivity contribution in [3.63, 3.8) is 0 Å². The topological polar surface area (TPSA) is 38.9 Å². The Hall–Kier alpha value is -0.230. The molecule has 0 fully saturated rings. The molecule has 0 saturated carbocycles. The first kappa shape index (κ1) is 10.8. The van der Waals surface area contributed by atoms with Crippen molar-refractivity contribution in [1.29, 1.82) is 0 Å². The molecule has 1 aromatic heterocycles. The summed E-state index contributed by atoms with van der Waals surface area (Å²) in [4.78, 5) is 3.59. The first-order chi connectivity index (χ1) is 6.06. The van der Waals surface area contributed by atoms with Crippen molar-refractivity contribution in [2.75, 3.05) is 5.73 Å². The molecule has 0 radical (unpaired) electrons. The van der Waals surface area contributed by atoms with Crippen LogP contribution in [0.4, 0.5) is 14.6 Å². The van der Waals surface area contributed by atoms with Gasteiger partial charge in [-0.25, -0.2) is 13.8 Å². The van der Waals surface area contributed by atoms with Crippen LogP contribution in [0.2, 0.25) is 0 Å². The number of nitrogens with zero attached hydrogens (tertiary/aromatic N) is 1. The van der Waals surface area contributed by atoms with E-state index in [-0.39, 0.29) is 16.0 Å². The molecule has 0 aliphatic heterocycles. The molecule has 2 nitrogen and oxygen atoms in total. The first-order valence-electron chi connectivity index (χ1n) is 3.35. The van der Waals surface area contributed by atoms with Gasteiger partial charge in [-0.05, 0) is 22.0 Å². The van der Waals surface area contributed by atoms with Crippen molar-refractivity contribution in [3.05, 3.63) is 21.8 Å². The van der Waals surface area contributed by atoms with Crippen molar-refractivity contribution < 1.29 is 8.78 Å². The highest BCUT2D eigenvalue weighted by Gasteiger charge is 2.15. The summed E-state index contributed by atoms with van der Waals surface area (Å²) in [6, 6.07) is 1.54. The van der Waals surface area contributed by atoms with Crippen LogP contribution in [0.3, 0.4) is 0 Å². The molecule has 6 heteroatoms. The van der Waals surface area contributed by atoms with Gasteiger partial charge in [0.05, 0.1) is 0 Å². The normalized spacial score (nSPS) is 10.8. The maximum Gasteiger partial charge on any atom is 0.281 e. The number of alkyl halides is 3. The second-order valence-corrected chi connectivity index (χ2v) is 3.75. The maximum atomic E-state index is 12.3. The number of pyridine rings is 1. The Balaban J connectivity index is 3.20. The van der Waals surface area contributed by atoms with Crippen LogP contribution in [0.5, 0.6) is 0 Å². The van der Waals surface area contributed by atoms with Gasteiger partial charge >= 0.3 is 0 Å². The van der Waals surface area contributed by atoms with Crippen molar-refractivity contribution in [2.45, 2.75) is 11.8 Å². The van der Waals surface area contributed by atoms with E-state index in [2.05, 4.69) is 36.8 Å². The lowest BCUT2D eigenvalue weighted by Crippen LogP contribution is -2.01. The zero-order valence-electron chi connectivity index (χ0n) is 6.40. The van der Waals surface area contributed by atoms with Crippen LogP contribution in [0.1, 0.15) is 17.7 Å². The van der Waals surface area contributed by atoms with E-state index in [1.165, 1.54) is 0 Å². The SMILES string of the molecule is Nc1nc(C(F)F)c(Br)cc1CBr. The minimum absolute atomic E-state index is 0.135. The van der Waals surface area contributed by atoms with Gasteiger partial charge in [-0.3, -0.25) is 0 Å². The largest absolute Gasteiger partial charge is 0.383 e. The van der Waals surface area contributed by atoms with Crippen LogP contribution in [0.15, 0.2) is 10.5 Å². The second kappa shape index (κ2) is 4.32. The number of anilines is 1. The van der Waals surface area contributed by atoms with E-state index in [1.807, 2.05) is 0 Å². The standard InChI is InChI=1S/C7H6Br2F2N2/c8-2-3-1-4(9)5(6(10)11)13-7(3)12/h1,6H,2H2,(H2,12,13). The lowest BCUT2D eigenvalue weighted by atomic mass is 10.2. The third-order valence-electron chi connectivity index (χ3n) is 1.47. The highest BCUT2D eigenvalue weighted by Crippen LogP contribution is 2.29.